The van der Waals surface area contributed by atoms with Gasteiger partial charge in [0, 0.05) is 25.4 Å². The average Bonchev–Trinajstić information content (AvgIpc) is 3.36. The van der Waals surface area contributed by atoms with Gasteiger partial charge >= 0.3 is 6.18 Å². The van der Waals surface area contributed by atoms with E-state index in [0.29, 0.717) is 18.9 Å². The highest BCUT2D eigenvalue weighted by atomic mass is 19.4. The number of halogens is 3. The molecule has 0 aliphatic heterocycles. The monoisotopic (exact) mass is 370 g/mol. The highest BCUT2D eigenvalue weighted by Crippen LogP contribution is 2.34. The van der Waals surface area contributed by atoms with Crippen molar-refractivity contribution in [2.45, 2.75) is 45.4 Å². The molecule has 1 atom stereocenters. The van der Waals surface area contributed by atoms with Crippen molar-refractivity contribution in [3.63, 3.8) is 0 Å². The number of alkyl halides is 3. The van der Waals surface area contributed by atoms with E-state index in [1.54, 1.807) is 0 Å². The minimum atomic E-state index is -4.53. The maximum Gasteiger partial charge on any atom is 0.417 e. The highest BCUT2D eigenvalue weighted by molar-refractivity contribution is 5.83. The van der Waals surface area contributed by atoms with E-state index in [9.17, 15) is 18.0 Å². The predicted molar refractivity (Wildman–Crippen MR) is 94.6 cm³/mol. The van der Waals surface area contributed by atoms with E-state index >= 15 is 0 Å². The molecule has 0 bridgehead atoms. The number of aliphatic imine (C=N–C) groups is 1. The fourth-order valence-corrected chi connectivity index (χ4v) is 2.59. The number of nitrogens with one attached hydrogen (secondary N) is 1. The number of carbonyl (C=O) groups excluding carboxylic acids is 1. The van der Waals surface area contributed by atoms with Gasteiger partial charge in [-0.25, -0.2) is 0 Å². The molecule has 0 radical (unpaired) electrons. The molecule has 1 N–H and O–H groups in total. The largest absolute Gasteiger partial charge is 0.481 e. The number of rotatable bonds is 8. The Bertz CT molecular complexity index is 653. The van der Waals surface area contributed by atoms with Crippen molar-refractivity contribution in [2.75, 3.05) is 13.6 Å². The summed E-state index contributed by atoms with van der Waals surface area (Å²) in [6.07, 6.45) is -1.56. The van der Waals surface area contributed by atoms with Gasteiger partial charge in [0.05, 0.1) is 5.56 Å². The molecule has 7 heteroatoms. The predicted octanol–water partition coefficient (Wildman–Crippen LogP) is 4.07. The lowest BCUT2D eigenvalue weighted by Crippen LogP contribution is -2.40. The summed E-state index contributed by atoms with van der Waals surface area (Å²) in [5.74, 6) is 0.430. The smallest absolute Gasteiger partial charge is 0.417 e. The second-order valence-corrected chi connectivity index (χ2v) is 7.06. The first-order valence-corrected chi connectivity index (χ1v) is 8.78. The third kappa shape index (κ3) is 6.04. The first-order chi connectivity index (χ1) is 12.2. The summed E-state index contributed by atoms with van der Waals surface area (Å²) in [7, 11) is 1.41. The zero-order valence-corrected chi connectivity index (χ0v) is 15.3. The maximum absolute atomic E-state index is 13.3. The molecule has 1 saturated carbocycles. The number of ether oxygens (including phenoxy) is 1. The number of hydrogen-bond donors (Lipinski definition) is 1. The molecule has 0 heterocycles. The summed E-state index contributed by atoms with van der Waals surface area (Å²) >= 11 is 0. The van der Waals surface area contributed by atoms with Gasteiger partial charge in [-0.2, -0.15) is 13.2 Å². The fourth-order valence-electron chi connectivity index (χ4n) is 2.59. The van der Waals surface area contributed by atoms with E-state index in [1.807, 2.05) is 13.8 Å². The molecule has 0 aromatic heterocycles. The van der Waals surface area contributed by atoms with E-state index in [0.717, 1.165) is 25.1 Å². The van der Waals surface area contributed by atoms with Crippen LogP contribution in [0.15, 0.2) is 23.2 Å². The van der Waals surface area contributed by atoms with Crippen LogP contribution in [0.1, 0.15) is 44.2 Å². The van der Waals surface area contributed by atoms with Gasteiger partial charge in [0.15, 0.2) is 6.10 Å². The number of carbonyl (C=O) groups is 1. The van der Waals surface area contributed by atoms with Crippen molar-refractivity contribution in [3.8, 4) is 5.75 Å². The topological polar surface area (TPSA) is 50.7 Å². The zero-order valence-electron chi connectivity index (χ0n) is 15.3. The normalized spacial score (nSPS) is 16.1. The fraction of sp³-hybridized carbons (Fsp3) is 0.579. The van der Waals surface area contributed by atoms with Crippen LogP contribution in [0.2, 0.25) is 0 Å². The molecule has 1 aromatic carbocycles. The van der Waals surface area contributed by atoms with Crippen LogP contribution in [-0.2, 0) is 11.0 Å². The molecule has 1 fully saturated rings. The summed E-state index contributed by atoms with van der Waals surface area (Å²) in [4.78, 5) is 16.0. The Morgan fingerprint density at radius 3 is 2.62 bits per heavy atom. The molecular weight excluding hydrogens is 345 g/mol. The van der Waals surface area contributed by atoms with Gasteiger partial charge in [-0.3, -0.25) is 9.79 Å². The summed E-state index contributed by atoms with van der Waals surface area (Å²) in [5, 5.41) is 2.84. The second-order valence-electron chi connectivity index (χ2n) is 7.06. The van der Waals surface area contributed by atoms with Crippen LogP contribution in [0, 0.1) is 11.8 Å². The average molecular weight is 370 g/mol. The summed E-state index contributed by atoms with van der Waals surface area (Å²) in [6, 6.07) is 3.67. The van der Waals surface area contributed by atoms with Gasteiger partial charge < -0.3 is 10.1 Å². The maximum atomic E-state index is 13.3. The van der Waals surface area contributed by atoms with E-state index in [4.69, 9.17) is 4.74 Å². The summed E-state index contributed by atoms with van der Waals surface area (Å²) in [5.41, 5.74) is -0.867. The van der Waals surface area contributed by atoms with Crippen LogP contribution in [0.25, 0.3) is 0 Å². The molecule has 1 unspecified atom stereocenters. The van der Waals surface area contributed by atoms with Gasteiger partial charge in [-0.05, 0) is 49.3 Å². The molecule has 26 heavy (non-hydrogen) atoms. The third-order valence-electron chi connectivity index (χ3n) is 4.12. The van der Waals surface area contributed by atoms with Crippen molar-refractivity contribution in [1.29, 1.82) is 0 Å². The lowest BCUT2D eigenvalue weighted by atomic mass is 10.0. The Kier molecular flexibility index (Phi) is 6.67. The zero-order chi connectivity index (χ0) is 19.3. The van der Waals surface area contributed by atoms with Crippen molar-refractivity contribution >= 4 is 12.1 Å². The Hall–Kier alpha value is -2.05. The molecule has 0 spiro atoms. The first kappa shape index (κ1) is 20.3. The van der Waals surface area contributed by atoms with Crippen LogP contribution in [0.3, 0.4) is 0 Å². The number of hydrogen-bond acceptors (Lipinski definition) is 3. The van der Waals surface area contributed by atoms with Crippen LogP contribution in [0.4, 0.5) is 13.2 Å². The molecule has 1 amide bonds. The van der Waals surface area contributed by atoms with Crippen molar-refractivity contribution < 1.29 is 22.7 Å². The molecular formula is C19H25F3N2O2. The molecule has 144 valence electrons. The van der Waals surface area contributed by atoms with Gasteiger partial charge in [-0.15, -0.1) is 0 Å². The number of nitrogens with zero attached hydrogens (tertiary/aromatic N) is 1. The quantitative estimate of drug-likeness (QED) is 0.701. The van der Waals surface area contributed by atoms with Crippen LogP contribution >= 0.6 is 0 Å². The van der Waals surface area contributed by atoms with E-state index < -0.39 is 17.8 Å². The molecule has 0 saturated heterocycles. The Morgan fingerprint density at radius 2 is 2.08 bits per heavy atom. The standard InChI is InChI=1S/C19H25F3N2O2/c1-12(2)8-17(18(25)24-10-13-4-5-13)26-15-7-6-14(11-23-3)16(9-15)19(20,21)22/h6-7,9,11-13,17H,4-5,8,10H2,1-3H3,(H,24,25). The van der Waals surface area contributed by atoms with Crippen LogP contribution < -0.4 is 10.1 Å². The lowest BCUT2D eigenvalue weighted by molar-refractivity contribution is -0.137. The highest BCUT2D eigenvalue weighted by Gasteiger charge is 2.34. The minimum Gasteiger partial charge on any atom is -0.481 e. The molecule has 1 aromatic rings. The molecule has 4 nitrogen and oxygen atoms in total. The van der Waals surface area contributed by atoms with Crippen molar-refractivity contribution in [2.24, 2.45) is 16.8 Å². The molecule has 1 aliphatic rings. The Balaban J connectivity index is 2.18. The summed E-state index contributed by atoms with van der Waals surface area (Å²) in [6.45, 7) is 4.47. The number of amides is 1. The minimum absolute atomic E-state index is 0.0257. The molecule has 2 rings (SSSR count). The third-order valence-corrected chi connectivity index (χ3v) is 4.12. The van der Waals surface area contributed by atoms with Crippen LogP contribution in [0.5, 0.6) is 5.75 Å². The van der Waals surface area contributed by atoms with Crippen molar-refractivity contribution in [1.82, 2.24) is 5.32 Å². The van der Waals surface area contributed by atoms with Gasteiger partial charge in [0.2, 0.25) is 0 Å². The van der Waals surface area contributed by atoms with Crippen LogP contribution in [-0.4, -0.2) is 31.8 Å². The SMILES string of the molecule is CN=Cc1ccc(OC(CC(C)C)C(=O)NCC2CC2)cc1C(F)(F)F. The van der Waals surface area contributed by atoms with Gasteiger partial charge in [0.25, 0.3) is 5.91 Å². The van der Waals surface area contributed by atoms with E-state index in [1.165, 1.54) is 19.2 Å². The van der Waals surface area contributed by atoms with E-state index in [2.05, 4.69) is 10.3 Å². The van der Waals surface area contributed by atoms with E-state index in [-0.39, 0.29) is 23.1 Å². The first-order valence-electron chi connectivity index (χ1n) is 8.78. The number of benzene rings is 1. The van der Waals surface area contributed by atoms with Gasteiger partial charge in [-0.1, -0.05) is 13.8 Å². The Labute approximate surface area is 151 Å². The second kappa shape index (κ2) is 8.56. The van der Waals surface area contributed by atoms with Crippen molar-refractivity contribution in [3.05, 3.63) is 29.3 Å². The van der Waals surface area contributed by atoms with Gasteiger partial charge in [0.1, 0.15) is 5.75 Å². The lowest BCUT2D eigenvalue weighted by Gasteiger charge is -2.21. The molecule has 1 aliphatic carbocycles. The Morgan fingerprint density at radius 1 is 1.38 bits per heavy atom. The summed E-state index contributed by atoms with van der Waals surface area (Å²) < 4.78 is 45.5.